The van der Waals surface area contributed by atoms with Gasteiger partial charge in [0.2, 0.25) is 0 Å². The Kier molecular flexibility index (Phi) is 2.41. The minimum atomic E-state index is 0.389. The highest BCUT2D eigenvalue weighted by molar-refractivity contribution is 5.42. The Morgan fingerprint density at radius 1 is 1.33 bits per heavy atom. The first-order valence-electron chi connectivity index (χ1n) is 4.35. The van der Waals surface area contributed by atoms with E-state index in [2.05, 4.69) is 39.8 Å². The van der Waals surface area contributed by atoms with E-state index in [1.54, 1.807) is 0 Å². The van der Waals surface area contributed by atoms with Gasteiger partial charge in [-0.15, -0.1) is 0 Å². The van der Waals surface area contributed by atoms with Gasteiger partial charge in [-0.25, -0.2) is 0 Å². The fourth-order valence-electron chi connectivity index (χ4n) is 1.56. The number of nitrogens with two attached hydrogens (primary N) is 1. The molecule has 0 aromatic rings. The van der Waals surface area contributed by atoms with Crippen LogP contribution in [0.3, 0.4) is 0 Å². The first-order valence-corrected chi connectivity index (χ1v) is 4.35. The van der Waals surface area contributed by atoms with Crippen LogP contribution in [0.15, 0.2) is 34.6 Å². The van der Waals surface area contributed by atoms with E-state index in [0.717, 1.165) is 5.70 Å². The highest BCUT2D eigenvalue weighted by atomic mass is 14.6. The van der Waals surface area contributed by atoms with Crippen molar-refractivity contribution in [2.24, 2.45) is 11.7 Å². The molecule has 0 heterocycles. The van der Waals surface area contributed by atoms with E-state index in [1.807, 2.05) is 0 Å². The predicted octanol–water partition coefficient (Wildman–Crippen LogP) is 2.76. The predicted molar refractivity (Wildman–Crippen MR) is 53.6 cm³/mol. The smallest absolute Gasteiger partial charge is 0.0209 e. The van der Waals surface area contributed by atoms with Crippen LogP contribution < -0.4 is 5.73 Å². The molecule has 0 aliphatic heterocycles. The molecule has 2 N–H and O–H groups in total. The third kappa shape index (κ3) is 1.45. The summed E-state index contributed by atoms with van der Waals surface area (Å²) in [6.07, 6.45) is 4.27. The van der Waals surface area contributed by atoms with Gasteiger partial charge >= 0.3 is 0 Å². The molecule has 66 valence electrons. The molecule has 0 bridgehead atoms. The molecule has 0 spiro atoms. The lowest BCUT2D eigenvalue weighted by atomic mass is 9.87. The fourth-order valence-corrected chi connectivity index (χ4v) is 1.56. The minimum absolute atomic E-state index is 0.389. The monoisotopic (exact) mass is 163 g/mol. The molecule has 0 amide bonds. The summed E-state index contributed by atoms with van der Waals surface area (Å²) in [5, 5.41) is 0. The normalized spacial score (nSPS) is 23.3. The summed E-state index contributed by atoms with van der Waals surface area (Å²) in [6, 6.07) is 0. The van der Waals surface area contributed by atoms with E-state index in [0.29, 0.717) is 5.92 Å². The molecule has 1 unspecified atom stereocenters. The summed E-state index contributed by atoms with van der Waals surface area (Å²) >= 11 is 0. The van der Waals surface area contributed by atoms with Gasteiger partial charge < -0.3 is 5.73 Å². The third-order valence-corrected chi connectivity index (χ3v) is 2.48. The van der Waals surface area contributed by atoms with Crippen molar-refractivity contribution in [3.63, 3.8) is 0 Å². The Labute approximate surface area is 74.7 Å². The third-order valence-electron chi connectivity index (χ3n) is 2.48. The minimum Gasteiger partial charge on any atom is -0.401 e. The molecule has 0 aromatic carbocycles. The molecule has 12 heavy (non-hydrogen) atoms. The summed E-state index contributed by atoms with van der Waals surface area (Å²) < 4.78 is 0. The lowest BCUT2D eigenvalue weighted by molar-refractivity contribution is 0.777. The Hall–Kier alpha value is -0.980. The zero-order valence-electron chi connectivity index (χ0n) is 8.31. The van der Waals surface area contributed by atoms with Crippen molar-refractivity contribution in [3.05, 3.63) is 34.6 Å². The van der Waals surface area contributed by atoms with Gasteiger partial charge in [-0.1, -0.05) is 24.6 Å². The van der Waals surface area contributed by atoms with Crippen molar-refractivity contribution in [3.8, 4) is 0 Å². The van der Waals surface area contributed by atoms with Crippen LogP contribution in [-0.4, -0.2) is 0 Å². The van der Waals surface area contributed by atoms with Crippen LogP contribution in [0.4, 0.5) is 0 Å². The summed E-state index contributed by atoms with van der Waals surface area (Å²) in [5.41, 5.74) is 10.9. The highest BCUT2D eigenvalue weighted by Crippen LogP contribution is 2.27. The molecule has 0 aromatic heterocycles. The number of hydrogen-bond acceptors (Lipinski definition) is 1. The summed E-state index contributed by atoms with van der Waals surface area (Å²) in [6.45, 7) is 8.48. The molecular formula is C11H17N. The van der Waals surface area contributed by atoms with Crippen LogP contribution in [0.25, 0.3) is 0 Å². The molecule has 1 atom stereocenters. The fraction of sp³-hybridized carbons (Fsp3) is 0.455. The molecule has 0 saturated heterocycles. The van der Waals surface area contributed by atoms with E-state index >= 15 is 0 Å². The van der Waals surface area contributed by atoms with Gasteiger partial charge in [0.05, 0.1) is 0 Å². The summed E-state index contributed by atoms with van der Waals surface area (Å²) in [4.78, 5) is 0. The Morgan fingerprint density at radius 2 is 1.92 bits per heavy atom. The molecule has 0 fully saturated rings. The molecule has 1 aliphatic rings. The zero-order valence-corrected chi connectivity index (χ0v) is 8.31. The Bertz CT molecular complexity index is 275. The van der Waals surface area contributed by atoms with E-state index < -0.39 is 0 Å². The molecule has 0 radical (unpaired) electrons. The van der Waals surface area contributed by atoms with Gasteiger partial charge in [-0.3, -0.25) is 0 Å². The topological polar surface area (TPSA) is 26.0 Å². The van der Waals surface area contributed by atoms with Crippen molar-refractivity contribution in [1.29, 1.82) is 0 Å². The average molecular weight is 163 g/mol. The van der Waals surface area contributed by atoms with Gasteiger partial charge in [-0.2, -0.15) is 0 Å². The van der Waals surface area contributed by atoms with Gasteiger partial charge in [0.25, 0.3) is 0 Å². The van der Waals surface area contributed by atoms with Gasteiger partial charge in [0, 0.05) is 11.6 Å². The van der Waals surface area contributed by atoms with Crippen molar-refractivity contribution in [2.45, 2.75) is 27.7 Å². The molecule has 1 aliphatic carbocycles. The van der Waals surface area contributed by atoms with Gasteiger partial charge in [0.15, 0.2) is 0 Å². The first-order chi connectivity index (χ1) is 5.54. The Balaban J connectivity index is 3.09. The largest absolute Gasteiger partial charge is 0.401 e. The van der Waals surface area contributed by atoms with E-state index in [9.17, 15) is 0 Å². The van der Waals surface area contributed by atoms with Crippen LogP contribution in [0.2, 0.25) is 0 Å². The number of allylic oxidation sites excluding steroid dienone is 5. The number of rotatable bonds is 0. The van der Waals surface area contributed by atoms with Crippen molar-refractivity contribution >= 4 is 0 Å². The van der Waals surface area contributed by atoms with Crippen LogP contribution in [0, 0.1) is 5.92 Å². The van der Waals surface area contributed by atoms with Crippen molar-refractivity contribution in [1.82, 2.24) is 0 Å². The molecule has 1 nitrogen and oxygen atoms in total. The lowest BCUT2D eigenvalue weighted by Crippen LogP contribution is -2.15. The summed E-state index contributed by atoms with van der Waals surface area (Å²) in [7, 11) is 0. The maximum atomic E-state index is 5.94. The quantitative estimate of drug-likeness (QED) is 0.584. The molecule has 0 saturated carbocycles. The van der Waals surface area contributed by atoms with Crippen LogP contribution in [-0.2, 0) is 0 Å². The van der Waals surface area contributed by atoms with Gasteiger partial charge in [-0.05, 0) is 31.9 Å². The van der Waals surface area contributed by atoms with E-state index in [4.69, 9.17) is 5.73 Å². The second-order valence-corrected chi connectivity index (χ2v) is 3.65. The summed E-state index contributed by atoms with van der Waals surface area (Å²) in [5.74, 6) is 0.389. The highest BCUT2D eigenvalue weighted by Gasteiger charge is 2.15. The van der Waals surface area contributed by atoms with E-state index in [-0.39, 0.29) is 0 Å². The van der Waals surface area contributed by atoms with Crippen molar-refractivity contribution in [2.75, 3.05) is 0 Å². The molecule has 1 rings (SSSR count). The molecule has 1 heteroatoms. The van der Waals surface area contributed by atoms with Crippen LogP contribution in [0.5, 0.6) is 0 Å². The maximum absolute atomic E-state index is 5.94. The number of hydrogen-bond donors (Lipinski definition) is 1. The van der Waals surface area contributed by atoms with Crippen molar-refractivity contribution < 1.29 is 0 Å². The second kappa shape index (κ2) is 3.18. The maximum Gasteiger partial charge on any atom is 0.0209 e. The lowest BCUT2D eigenvalue weighted by Gasteiger charge is -2.21. The molecular weight excluding hydrogens is 146 g/mol. The second-order valence-electron chi connectivity index (χ2n) is 3.65. The first kappa shape index (κ1) is 9.11. The van der Waals surface area contributed by atoms with Crippen LogP contribution in [0.1, 0.15) is 27.7 Å². The van der Waals surface area contributed by atoms with Gasteiger partial charge in [0.1, 0.15) is 0 Å². The van der Waals surface area contributed by atoms with Crippen LogP contribution >= 0.6 is 0 Å². The zero-order chi connectivity index (χ0) is 9.30. The SMILES string of the molecule is CC(C)=C1C=CC(C)=C(N)C1C. The average Bonchev–Trinajstić information content (AvgIpc) is 2.00. The Morgan fingerprint density at radius 3 is 2.42 bits per heavy atom. The van der Waals surface area contributed by atoms with E-state index in [1.165, 1.54) is 16.7 Å². The standard InChI is InChI=1S/C11H17N/c1-7(2)10-6-5-8(3)11(12)9(10)4/h5-6,9H,12H2,1-4H3.